The molecule has 1 radical (unpaired) electrons. The first kappa shape index (κ1) is 23.9. The minimum atomic E-state index is -4.65. The topological polar surface area (TPSA) is 64.9 Å². The molecule has 1 atom stereocenters. The fourth-order valence-corrected chi connectivity index (χ4v) is 4.60. The lowest BCUT2D eigenvalue weighted by Crippen LogP contribution is -2.37. The van der Waals surface area contributed by atoms with Gasteiger partial charge >= 0.3 is 12.1 Å². The molecule has 2 aliphatic heterocycles. The number of carboxylic acids is 1. The summed E-state index contributed by atoms with van der Waals surface area (Å²) in [6.45, 7) is 4.06. The second-order valence-electron chi connectivity index (χ2n) is 8.35. The van der Waals surface area contributed by atoms with Crippen molar-refractivity contribution in [3.05, 3.63) is 76.2 Å². The number of thiophene rings is 1. The summed E-state index contributed by atoms with van der Waals surface area (Å²) in [5, 5.41) is 14.8. The van der Waals surface area contributed by atoms with Crippen molar-refractivity contribution in [3.63, 3.8) is 0 Å². The van der Waals surface area contributed by atoms with E-state index in [1.54, 1.807) is 11.3 Å². The molecular formula is C24H22BF3N3O2S. The molecule has 0 saturated carbocycles. The van der Waals surface area contributed by atoms with E-state index in [2.05, 4.69) is 16.4 Å². The van der Waals surface area contributed by atoms with Gasteiger partial charge in [-0.05, 0) is 34.6 Å². The lowest BCUT2D eigenvalue weighted by atomic mass is 9.65. The van der Waals surface area contributed by atoms with E-state index in [4.69, 9.17) is 0 Å². The van der Waals surface area contributed by atoms with E-state index in [1.165, 1.54) is 7.05 Å². The Morgan fingerprint density at radius 3 is 2.44 bits per heavy atom. The van der Waals surface area contributed by atoms with Gasteiger partial charge < -0.3 is 15.3 Å². The van der Waals surface area contributed by atoms with Crippen LogP contribution in [0.2, 0.25) is 0 Å². The Labute approximate surface area is 200 Å². The maximum absolute atomic E-state index is 13.2. The molecule has 1 aromatic carbocycles. The van der Waals surface area contributed by atoms with E-state index in [9.17, 15) is 23.1 Å². The third kappa shape index (κ3) is 4.82. The quantitative estimate of drug-likeness (QED) is 0.578. The highest BCUT2D eigenvalue weighted by Gasteiger charge is 2.39. The molecule has 0 saturated heterocycles. The molecule has 34 heavy (non-hydrogen) atoms. The van der Waals surface area contributed by atoms with Gasteiger partial charge in [0.25, 0.3) is 0 Å². The average Bonchev–Trinajstić information content (AvgIpc) is 3.44. The van der Waals surface area contributed by atoms with Gasteiger partial charge in [-0.3, -0.25) is 4.99 Å². The van der Waals surface area contributed by atoms with Gasteiger partial charge in [-0.15, -0.1) is 11.3 Å². The number of alkyl halides is 3. The zero-order chi connectivity index (χ0) is 24.6. The number of carbonyl (C=O) groups is 1. The van der Waals surface area contributed by atoms with Crippen LogP contribution in [0.1, 0.15) is 19.4 Å². The van der Waals surface area contributed by atoms with Crippen molar-refractivity contribution in [3.8, 4) is 10.4 Å². The Balaban J connectivity index is 1.63. The lowest BCUT2D eigenvalue weighted by molar-refractivity contribution is -0.133. The highest BCUT2D eigenvalue weighted by Crippen LogP contribution is 2.34. The highest BCUT2D eigenvalue weighted by molar-refractivity contribution is 7.13. The average molecular weight is 484 g/mol. The van der Waals surface area contributed by atoms with Crippen LogP contribution in [-0.2, 0) is 4.79 Å². The zero-order valence-electron chi connectivity index (χ0n) is 18.7. The van der Waals surface area contributed by atoms with Crippen LogP contribution in [0.4, 0.5) is 13.2 Å². The molecular weight excluding hydrogens is 462 g/mol. The summed E-state index contributed by atoms with van der Waals surface area (Å²) >= 11 is 1.66. The largest absolute Gasteiger partial charge is 0.478 e. The second kappa shape index (κ2) is 9.17. The third-order valence-electron chi connectivity index (χ3n) is 5.59. The molecule has 0 amide bonds. The molecule has 1 aromatic heterocycles. The highest BCUT2D eigenvalue weighted by atomic mass is 32.1. The van der Waals surface area contributed by atoms with Crippen molar-refractivity contribution < 1.29 is 23.1 Å². The van der Waals surface area contributed by atoms with Crippen molar-refractivity contribution in [2.75, 3.05) is 7.05 Å². The summed E-state index contributed by atoms with van der Waals surface area (Å²) in [5.41, 5.74) is 2.80. The number of nitrogens with zero attached hydrogens (tertiary/aromatic N) is 2. The minimum absolute atomic E-state index is 0.141. The zero-order valence-corrected chi connectivity index (χ0v) is 19.5. The number of halogens is 3. The Morgan fingerprint density at radius 1 is 1.21 bits per heavy atom. The van der Waals surface area contributed by atoms with E-state index in [1.807, 2.05) is 56.8 Å². The van der Waals surface area contributed by atoms with Crippen LogP contribution in [-0.4, -0.2) is 48.4 Å². The standard InChI is InChI=1S/C24H22BF3N3O2S/c1-13(2)19-20(15-8-6-14(7-9-15)18-5-4-10-34-18)29-23(25-19)30-21-17(22(32)33)11-16(12-31(21)3)24(26,27)28/h4-13,21H,1-3H3,(H,29,30)(H,32,33). The fourth-order valence-electron chi connectivity index (χ4n) is 3.87. The fraction of sp³-hybridized carbons (Fsp3) is 0.250. The number of benzene rings is 1. The summed E-state index contributed by atoms with van der Waals surface area (Å²) < 4.78 is 39.6. The van der Waals surface area contributed by atoms with Gasteiger partial charge in [-0.1, -0.05) is 49.7 Å². The van der Waals surface area contributed by atoms with Crippen molar-refractivity contribution in [2.45, 2.75) is 26.2 Å². The maximum Gasteiger partial charge on any atom is 0.417 e. The van der Waals surface area contributed by atoms with Gasteiger partial charge in [0.05, 0.1) is 16.9 Å². The van der Waals surface area contributed by atoms with Crippen LogP contribution in [0.5, 0.6) is 0 Å². The van der Waals surface area contributed by atoms with Crippen LogP contribution in [0.15, 0.2) is 75.7 Å². The number of amidine groups is 1. The number of carboxylic acid groups (broad SMARTS) is 1. The molecule has 2 aliphatic rings. The van der Waals surface area contributed by atoms with Gasteiger partial charge in [0, 0.05) is 23.8 Å². The van der Waals surface area contributed by atoms with Crippen LogP contribution >= 0.6 is 11.3 Å². The predicted molar refractivity (Wildman–Crippen MR) is 129 cm³/mol. The smallest absolute Gasteiger partial charge is 0.417 e. The third-order valence-corrected chi connectivity index (χ3v) is 6.51. The first-order valence-electron chi connectivity index (χ1n) is 10.6. The first-order chi connectivity index (χ1) is 16.0. The molecule has 0 bridgehead atoms. The summed E-state index contributed by atoms with van der Waals surface area (Å²) in [5.74, 6) is -1.31. The monoisotopic (exact) mass is 484 g/mol. The lowest BCUT2D eigenvalue weighted by Gasteiger charge is -2.30. The molecule has 0 spiro atoms. The van der Waals surface area contributed by atoms with E-state index >= 15 is 0 Å². The number of allylic oxidation sites excluding steroid dienone is 3. The molecule has 5 nitrogen and oxygen atoms in total. The molecule has 3 heterocycles. The first-order valence-corrected chi connectivity index (χ1v) is 11.5. The summed E-state index contributed by atoms with van der Waals surface area (Å²) in [6.07, 6.45) is -4.24. The van der Waals surface area contributed by atoms with Gasteiger partial charge in [0.1, 0.15) is 0 Å². The Hall–Kier alpha value is -3.27. The molecule has 2 N–H and O–H groups in total. The minimum Gasteiger partial charge on any atom is -0.478 e. The molecule has 0 fully saturated rings. The van der Waals surface area contributed by atoms with Gasteiger partial charge in [-0.2, -0.15) is 13.2 Å². The number of aliphatic imine (C=N–C) groups is 1. The van der Waals surface area contributed by atoms with Gasteiger partial charge in [0.2, 0.25) is 7.28 Å². The Kier molecular flexibility index (Phi) is 6.44. The molecule has 1 unspecified atom stereocenters. The van der Waals surface area contributed by atoms with E-state index in [-0.39, 0.29) is 5.92 Å². The van der Waals surface area contributed by atoms with E-state index in [0.29, 0.717) is 11.8 Å². The normalized spacial score (nSPS) is 19.8. The van der Waals surface area contributed by atoms with E-state index < -0.39 is 29.5 Å². The summed E-state index contributed by atoms with van der Waals surface area (Å²) in [6, 6.07) is 12.1. The van der Waals surface area contributed by atoms with Crippen LogP contribution in [0, 0.1) is 5.92 Å². The number of likely N-dealkylation sites (N-methyl/N-ethyl adjacent to an activating group) is 1. The van der Waals surface area contributed by atoms with Crippen molar-refractivity contribution in [1.82, 2.24) is 10.2 Å². The van der Waals surface area contributed by atoms with Crippen molar-refractivity contribution in [1.29, 1.82) is 0 Å². The summed E-state index contributed by atoms with van der Waals surface area (Å²) in [7, 11) is 3.20. The number of hydrogen-bond donors (Lipinski definition) is 2. The number of nitrogens with one attached hydrogen (secondary N) is 1. The van der Waals surface area contributed by atoms with Gasteiger partial charge in [0.15, 0.2) is 6.17 Å². The van der Waals surface area contributed by atoms with Crippen molar-refractivity contribution >= 4 is 36.0 Å². The number of aliphatic carboxylic acids is 1. The van der Waals surface area contributed by atoms with Gasteiger partial charge in [-0.25, -0.2) is 4.79 Å². The number of rotatable bonds is 5. The Bertz CT molecular complexity index is 1210. The van der Waals surface area contributed by atoms with Crippen LogP contribution in [0.25, 0.3) is 16.1 Å². The van der Waals surface area contributed by atoms with Crippen LogP contribution < -0.4 is 5.32 Å². The number of hydrogen-bond acceptors (Lipinski definition) is 4. The maximum atomic E-state index is 13.2. The van der Waals surface area contributed by atoms with Crippen LogP contribution in [0.3, 0.4) is 0 Å². The Morgan fingerprint density at radius 2 is 1.88 bits per heavy atom. The molecule has 2 aromatic rings. The molecule has 175 valence electrons. The van der Waals surface area contributed by atoms with Crippen molar-refractivity contribution in [2.24, 2.45) is 10.9 Å². The van der Waals surface area contributed by atoms with E-state index in [0.717, 1.165) is 38.3 Å². The predicted octanol–water partition coefficient (Wildman–Crippen LogP) is 5.13. The molecule has 10 heteroatoms. The molecule has 0 aliphatic carbocycles. The summed E-state index contributed by atoms with van der Waals surface area (Å²) in [4.78, 5) is 18.6. The molecule has 4 rings (SSSR count). The SMILES string of the molecule is CC(C)C1=C(c2ccc(-c3cccs3)cc2)N/C(=N/C2C(C(=O)O)=CC(C(F)(F)F)=CN2C)[B]1. The second-order valence-corrected chi connectivity index (χ2v) is 9.30.